The highest BCUT2D eigenvalue weighted by atomic mass is 79.9. The Morgan fingerprint density at radius 2 is 2.00 bits per heavy atom. The molecule has 1 amide bonds. The minimum Gasteiger partial charge on any atom is -0.478 e. The maximum Gasteiger partial charge on any atom is 0.337 e. The summed E-state index contributed by atoms with van der Waals surface area (Å²) in [4.78, 5) is 22.7. The fraction of sp³-hybridized carbons (Fsp3) is 0.333. The summed E-state index contributed by atoms with van der Waals surface area (Å²) < 4.78 is 22.5. The minimum atomic E-state index is -3.10. The second-order valence-electron chi connectivity index (χ2n) is 4.28. The second kappa shape index (κ2) is 6.85. The molecule has 0 saturated heterocycles. The highest BCUT2D eigenvalue weighted by Gasteiger charge is 2.13. The molecule has 0 heterocycles. The lowest BCUT2D eigenvalue weighted by molar-refractivity contribution is -0.116. The highest BCUT2D eigenvalue weighted by molar-refractivity contribution is 9.10. The van der Waals surface area contributed by atoms with Crippen LogP contribution in [0.1, 0.15) is 23.2 Å². The van der Waals surface area contributed by atoms with Crippen LogP contribution >= 0.6 is 15.9 Å². The molecule has 1 rings (SSSR count). The van der Waals surface area contributed by atoms with Crippen LogP contribution in [-0.4, -0.2) is 37.4 Å². The molecule has 0 saturated carbocycles. The minimum absolute atomic E-state index is 0.0161. The van der Waals surface area contributed by atoms with E-state index in [1.54, 1.807) is 6.07 Å². The molecule has 0 aliphatic heterocycles. The molecule has 0 bridgehead atoms. The van der Waals surface area contributed by atoms with Crippen molar-refractivity contribution in [1.82, 2.24) is 0 Å². The van der Waals surface area contributed by atoms with Gasteiger partial charge in [-0.1, -0.05) is 15.9 Å². The first-order valence-electron chi connectivity index (χ1n) is 5.69. The Morgan fingerprint density at radius 1 is 1.35 bits per heavy atom. The molecule has 2 N–H and O–H groups in total. The van der Waals surface area contributed by atoms with Gasteiger partial charge in [0.25, 0.3) is 0 Å². The maximum absolute atomic E-state index is 11.6. The van der Waals surface area contributed by atoms with Crippen LogP contribution in [0.25, 0.3) is 0 Å². The van der Waals surface area contributed by atoms with Crippen molar-refractivity contribution < 1.29 is 23.1 Å². The molecule has 0 aliphatic rings. The number of aromatic carboxylic acids is 1. The monoisotopic (exact) mass is 363 g/mol. The number of anilines is 1. The standard InChI is InChI=1S/C12H14BrNO5S/c1-20(18,19)6-2-3-11(15)14-10-5-4-8(13)7-9(10)12(16)17/h4-5,7H,2-3,6H2,1H3,(H,14,15)(H,16,17). The van der Waals surface area contributed by atoms with E-state index in [9.17, 15) is 18.0 Å². The van der Waals surface area contributed by atoms with Gasteiger partial charge in [-0.2, -0.15) is 0 Å². The van der Waals surface area contributed by atoms with Crippen LogP contribution in [0, 0.1) is 0 Å². The van der Waals surface area contributed by atoms with Gasteiger partial charge in [-0.3, -0.25) is 4.79 Å². The van der Waals surface area contributed by atoms with E-state index in [1.807, 2.05) is 0 Å². The zero-order valence-electron chi connectivity index (χ0n) is 10.7. The van der Waals surface area contributed by atoms with E-state index in [4.69, 9.17) is 5.11 Å². The molecule has 0 radical (unpaired) electrons. The second-order valence-corrected chi connectivity index (χ2v) is 7.45. The Balaban J connectivity index is 2.69. The first-order valence-corrected chi connectivity index (χ1v) is 8.55. The van der Waals surface area contributed by atoms with E-state index in [0.29, 0.717) is 4.47 Å². The fourth-order valence-electron chi connectivity index (χ4n) is 1.51. The average Bonchev–Trinajstić information content (AvgIpc) is 2.29. The van der Waals surface area contributed by atoms with Crippen LogP contribution in [0.4, 0.5) is 5.69 Å². The summed E-state index contributed by atoms with van der Waals surface area (Å²) in [5.74, 6) is -1.65. The van der Waals surface area contributed by atoms with Gasteiger partial charge in [0.2, 0.25) is 5.91 Å². The summed E-state index contributed by atoms with van der Waals surface area (Å²) in [5, 5.41) is 11.5. The Labute approximate surface area is 125 Å². The van der Waals surface area contributed by atoms with Crippen LogP contribution in [0.5, 0.6) is 0 Å². The van der Waals surface area contributed by atoms with Crippen molar-refractivity contribution in [3.8, 4) is 0 Å². The van der Waals surface area contributed by atoms with Crippen LogP contribution in [-0.2, 0) is 14.6 Å². The first kappa shape index (κ1) is 16.6. The molecule has 0 aliphatic carbocycles. The molecule has 20 heavy (non-hydrogen) atoms. The van der Waals surface area contributed by atoms with Gasteiger partial charge in [-0.25, -0.2) is 13.2 Å². The lowest BCUT2D eigenvalue weighted by atomic mass is 10.1. The van der Waals surface area contributed by atoms with E-state index in [1.165, 1.54) is 12.1 Å². The molecular weight excluding hydrogens is 350 g/mol. The number of hydrogen-bond acceptors (Lipinski definition) is 4. The molecule has 110 valence electrons. The zero-order valence-corrected chi connectivity index (χ0v) is 13.1. The Kier molecular flexibility index (Phi) is 5.70. The summed E-state index contributed by atoms with van der Waals surface area (Å²) in [6, 6.07) is 4.47. The van der Waals surface area contributed by atoms with Crippen molar-refractivity contribution in [2.45, 2.75) is 12.8 Å². The van der Waals surface area contributed by atoms with Crippen molar-refractivity contribution in [2.75, 3.05) is 17.3 Å². The van der Waals surface area contributed by atoms with Crippen LogP contribution in [0.15, 0.2) is 22.7 Å². The van der Waals surface area contributed by atoms with Gasteiger partial charge in [-0.05, 0) is 24.6 Å². The third-order valence-corrected chi connectivity index (χ3v) is 3.93. The molecule has 0 spiro atoms. The van der Waals surface area contributed by atoms with Gasteiger partial charge in [0.1, 0.15) is 9.84 Å². The van der Waals surface area contributed by atoms with Crippen LogP contribution in [0.2, 0.25) is 0 Å². The molecular formula is C12H14BrNO5S. The number of rotatable bonds is 6. The highest BCUT2D eigenvalue weighted by Crippen LogP contribution is 2.21. The Hall–Kier alpha value is -1.41. The molecule has 1 aromatic rings. The first-order chi connectivity index (χ1) is 9.19. The molecule has 0 atom stereocenters. The number of carboxylic acid groups (broad SMARTS) is 1. The van der Waals surface area contributed by atoms with E-state index in [0.717, 1.165) is 6.26 Å². The maximum atomic E-state index is 11.6. The van der Waals surface area contributed by atoms with Gasteiger partial charge in [0.05, 0.1) is 17.0 Å². The average molecular weight is 364 g/mol. The number of carboxylic acids is 1. The van der Waals surface area contributed by atoms with Gasteiger partial charge >= 0.3 is 5.97 Å². The molecule has 0 aromatic heterocycles. The third-order valence-electron chi connectivity index (χ3n) is 2.41. The lowest BCUT2D eigenvalue weighted by Gasteiger charge is -2.08. The number of halogens is 1. The van der Waals surface area contributed by atoms with Gasteiger partial charge in [0, 0.05) is 17.1 Å². The van der Waals surface area contributed by atoms with Gasteiger partial charge < -0.3 is 10.4 Å². The number of nitrogens with one attached hydrogen (secondary N) is 1. The predicted octanol–water partition coefficient (Wildman–Crippen LogP) is 1.91. The number of hydrogen-bond donors (Lipinski definition) is 2. The van der Waals surface area contributed by atoms with Crippen molar-refractivity contribution in [3.63, 3.8) is 0 Å². The van der Waals surface area contributed by atoms with Crippen molar-refractivity contribution in [2.24, 2.45) is 0 Å². The topological polar surface area (TPSA) is 101 Å². The molecule has 0 unspecified atom stereocenters. The number of amides is 1. The van der Waals surface area contributed by atoms with E-state index in [2.05, 4.69) is 21.2 Å². The molecule has 1 aromatic carbocycles. The Morgan fingerprint density at radius 3 is 2.55 bits per heavy atom. The molecule has 0 fully saturated rings. The van der Waals surface area contributed by atoms with Gasteiger partial charge in [0.15, 0.2) is 0 Å². The molecule has 8 heteroatoms. The fourth-order valence-corrected chi connectivity index (χ4v) is 2.54. The Bertz CT molecular complexity index is 627. The predicted molar refractivity (Wildman–Crippen MR) is 78.7 cm³/mol. The van der Waals surface area contributed by atoms with Crippen molar-refractivity contribution >= 4 is 43.3 Å². The quantitative estimate of drug-likeness (QED) is 0.803. The third kappa shape index (κ3) is 5.70. The van der Waals surface area contributed by atoms with E-state index in [-0.39, 0.29) is 29.8 Å². The van der Waals surface area contributed by atoms with Gasteiger partial charge in [-0.15, -0.1) is 0 Å². The van der Waals surface area contributed by atoms with E-state index < -0.39 is 21.7 Å². The molecule has 6 nitrogen and oxygen atoms in total. The number of benzene rings is 1. The lowest BCUT2D eigenvalue weighted by Crippen LogP contribution is -2.15. The summed E-state index contributed by atoms with van der Waals surface area (Å²) in [6.07, 6.45) is 1.31. The summed E-state index contributed by atoms with van der Waals surface area (Å²) in [5.41, 5.74) is 0.154. The normalized spacial score (nSPS) is 11.1. The largest absolute Gasteiger partial charge is 0.478 e. The summed E-state index contributed by atoms with van der Waals surface area (Å²) >= 11 is 3.15. The summed E-state index contributed by atoms with van der Waals surface area (Å²) in [6.45, 7) is 0. The number of carbonyl (C=O) groups is 2. The van der Waals surface area contributed by atoms with Crippen LogP contribution in [0.3, 0.4) is 0 Å². The summed E-state index contributed by atoms with van der Waals surface area (Å²) in [7, 11) is -3.10. The van der Waals surface area contributed by atoms with Crippen molar-refractivity contribution in [1.29, 1.82) is 0 Å². The van der Waals surface area contributed by atoms with E-state index >= 15 is 0 Å². The SMILES string of the molecule is CS(=O)(=O)CCCC(=O)Nc1ccc(Br)cc1C(=O)O. The van der Waals surface area contributed by atoms with Crippen LogP contribution < -0.4 is 5.32 Å². The number of carbonyl (C=O) groups excluding carboxylic acids is 1. The number of sulfone groups is 1. The van der Waals surface area contributed by atoms with Crippen molar-refractivity contribution in [3.05, 3.63) is 28.2 Å². The zero-order chi connectivity index (χ0) is 15.3. The smallest absolute Gasteiger partial charge is 0.337 e.